The number of fused-ring (bicyclic) bond motifs is 2. The van der Waals surface area contributed by atoms with E-state index in [0.29, 0.717) is 11.6 Å². The summed E-state index contributed by atoms with van der Waals surface area (Å²) in [5, 5.41) is 0.0245. The molecule has 0 N–H and O–H groups in total. The van der Waals surface area contributed by atoms with E-state index in [0.717, 1.165) is 15.6 Å². The quantitative estimate of drug-likeness (QED) is 0.426. The first kappa shape index (κ1) is 19.2. The Morgan fingerprint density at radius 2 is 1.71 bits per heavy atom. The molecule has 0 bridgehead atoms. The fourth-order valence-corrected chi connectivity index (χ4v) is 4.72. The Hall–Kier alpha value is -3.79. The lowest BCUT2D eigenvalue weighted by molar-refractivity contribution is 0.579. The fourth-order valence-electron chi connectivity index (χ4n) is 3.34. The molecule has 10 heteroatoms. The molecule has 2 aromatic carbocycles. The highest BCUT2D eigenvalue weighted by atomic mass is 32.2. The normalized spacial score (nSPS) is 12.0. The minimum absolute atomic E-state index is 0.0245. The summed E-state index contributed by atoms with van der Waals surface area (Å²) in [6, 6.07) is 7.83. The first-order chi connectivity index (χ1) is 14.8. The molecule has 0 amide bonds. The third kappa shape index (κ3) is 3.12. The van der Waals surface area contributed by atoms with Gasteiger partial charge in [-0.3, -0.25) is 0 Å². The van der Waals surface area contributed by atoms with E-state index in [4.69, 9.17) is 0 Å². The maximum Gasteiger partial charge on any atom is 0.268 e. The third-order valence-electron chi connectivity index (χ3n) is 4.83. The maximum atomic E-state index is 14.8. The van der Waals surface area contributed by atoms with Gasteiger partial charge in [0.25, 0.3) is 10.0 Å². The van der Waals surface area contributed by atoms with Crippen molar-refractivity contribution in [2.75, 3.05) is 0 Å². The maximum absolute atomic E-state index is 14.8. The first-order valence-electron chi connectivity index (χ1n) is 9.11. The van der Waals surface area contributed by atoms with Gasteiger partial charge in [0.05, 0.1) is 11.1 Å². The highest BCUT2D eigenvalue weighted by Crippen LogP contribution is 2.34. The smallest absolute Gasteiger partial charge is 0.250 e. The van der Waals surface area contributed by atoms with Crippen LogP contribution in [0.4, 0.5) is 8.78 Å². The second-order valence-electron chi connectivity index (χ2n) is 6.90. The van der Waals surface area contributed by atoms with Crippen molar-refractivity contribution in [2.45, 2.75) is 11.8 Å². The molecule has 3 heterocycles. The summed E-state index contributed by atoms with van der Waals surface area (Å²) in [5.41, 5.74) is 1.43. The molecule has 0 aliphatic carbocycles. The van der Waals surface area contributed by atoms with Gasteiger partial charge in [-0.25, -0.2) is 41.1 Å². The van der Waals surface area contributed by atoms with Crippen LogP contribution >= 0.6 is 0 Å². The molecular formula is C21H13F2N5O2S. The van der Waals surface area contributed by atoms with Crippen molar-refractivity contribution in [3.05, 3.63) is 78.4 Å². The van der Waals surface area contributed by atoms with Gasteiger partial charge in [0, 0.05) is 35.6 Å². The average Bonchev–Trinajstić information content (AvgIpc) is 3.14. The van der Waals surface area contributed by atoms with Crippen molar-refractivity contribution in [3.63, 3.8) is 0 Å². The van der Waals surface area contributed by atoms with E-state index < -0.39 is 21.7 Å². The number of aromatic nitrogens is 5. The van der Waals surface area contributed by atoms with E-state index in [1.54, 1.807) is 12.1 Å². The van der Waals surface area contributed by atoms with Gasteiger partial charge in [0.15, 0.2) is 17.3 Å². The summed E-state index contributed by atoms with van der Waals surface area (Å²) in [5.74, 6) is -1.80. The number of nitrogens with zero attached hydrogens (tertiary/aromatic N) is 5. The van der Waals surface area contributed by atoms with Crippen LogP contribution in [0, 0.1) is 18.6 Å². The van der Waals surface area contributed by atoms with E-state index in [-0.39, 0.29) is 32.8 Å². The molecule has 0 radical (unpaired) electrons. The van der Waals surface area contributed by atoms with E-state index in [2.05, 4.69) is 19.9 Å². The molecule has 0 atom stereocenters. The van der Waals surface area contributed by atoms with Crippen LogP contribution in [-0.4, -0.2) is 32.3 Å². The van der Waals surface area contributed by atoms with Gasteiger partial charge < -0.3 is 0 Å². The predicted molar refractivity (Wildman–Crippen MR) is 110 cm³/mol. The molecule has 7 nitrogen and oxygen atoms in total. The minimum atomic E-state index is -4.18. The number of benzene rings is 2. The van der Waals surface area contributed by atoms with Gasteiger partial charge in [-0.15, -0.1) is 0 Å². The number of halogens is 2. The Labute approximate surface area is 175 Å². The summed E-state index contributed by atoms with van der Waals surface area (Å²) in [6.45, 7) is 1.82. The molecule has 0 unspecified atom stereocenters. The lowest BCUT2D eigenvalue weighted by Gasteiger charge is -2.08. The van der Waals surface area contributed by atoms with E-state index in [9.17, 15) is 17.2 Å². The van der Waals surface area contributed by atoms with Crippen molar-refractivity contribution < 1.29 is 17.2 Å². The summed E-state index contributed by atoms with van der Waals surface area (Å²) in [6.07, 6.45) is 5.54. The zero-order chi connectivity index (χ0) is 21.8. The molecule has 0 fully saturated rings. The first-order valence-corrected chi connectivity index (χ1v) is 10.5. The van der Waals surface area contributed by atoms with Gasteiger partial charge in [-0.1, -0.05) is 17.7 Å². The molecule has 0 aliphatic heterocycles. The molecule has 0 saturated carbocycles. The van der Waals surface area contributed by atoms with Gasteiger partial charge >= 0.3 is 0 Å². The van der Waals surface area contributed by atoms with Crippen LogP contribution in [0.1, 0.15) is 5.56 Å². The Balaban J connectivity index is 1.82. The van der Waals surface area contributed by atoms with Crippen molar-refractivity contribution in [2.24, 2.45) is 0 Å². The van der Waals surface area contributed by atoms with E-state index in [1.807, 2.05) is 6.92 Å². The van der Waals surface area contributed by atoms with Crippen LogP contribution in [-0.2, 0) is 10.0 Å². The molecule has 31 heavy (non-hydrogen) atoms. The van der Waals surface area contributed by atoms with Crippen LogP contribution in [0.2, 0.25) is 0 Å². The Morgan fingerprint density at radius 3 is 2.48 bits per heavy atom. The van der Waals surface area contributed by atoms with Gasteiger partial charge in [0.1, 0.15) is 16.9 Å². The molecule has 5 aromatic rings. The molecule has 0 spiro atoms. The van der Waals surface area contributed by atoms with Crippen molar-refractivity contribution >= 4 is 32.1 Å². The second-order valence-corrected chi connectivity index (χ2v) is 8.71. The lowest BCUT2D eigenvalue weighted by Crippen LogP contribution is -2.12. The lowest BCUT2D eigenvalue weighted by atomic mass is 10.1. The monoisotopic (exact) mass is 437 g/mol. The van der Waals surface area contributed by atoms with Gasteiger partial charge in [0.2, 0.25) is 0 Å². The molecule has 154 valence electrons. The van der Waals surface area contributed by atoms with Crippen LogP contribution in [0.3, 0.4) is 0 Å². The number of hydrogen-bond acceptors (Lipinski definition) is 6. The SMILES string of the molecule is Cc1ccc(S(=O)(=O)n2cc(-c3ncc4nccnc4n3)c3cc(F)cc(F)c32)cc1. The Kier molecular flexibility index (Phi) is 4.26. The van der Waals surface area contributed by atoms with E-state index in [1.165, 1.54) is 36.9 Å². The number of hydrogen-bond donors (Lipinski definition) is 0. The topological polar surface area (TPSA) is 90.6 Å². The van der Waals surface area contributed by atoms with Crippen molar-refractivity contribution in [1.29, 1.82) is 0 Å². The molecule has 0 saturated heterocycles. The number of rotatable bonds is 3. The molecule has 5 rings (SSSR count). The predicted octanol–water partition coefficient (Wildman–Crippen LogP) is 3.87. The molecular weight excluding hydrogens is 424 g/mol. The van der Waals surface area contributed by atoms with E-state index >= 15 is 0 Å². The van der Waals surface area contributed by atoms with Crippen LogP contribution in [0.5, 0.6) is 0 Å². The zero-order valence-electron chi connectivity index (χ0n) is 16.0. The second kappa shape index (κ2) is 6.88. The van der Waals surface area contributed by atoms with Gasteiger partial charge in [-0.05, 0) is 25.1 Å². The molecule has 0 aliphatic rings. The summed E-state index contributed by atoms with van der Waals surface area (Å²) < 4.78 is 56.2. The van der Waals surface area contributed by atoms with Crippen molar-refractivity contribution in [1.82, 2.24) is 23.9 Å². The fraction of sp³-hybridized carbons (Fsp3) is 0.0476. The summed E-state index contributed by atoms with van der Waals surface area (Å²) in [4.78, 5) is 16.7. The molecule has 3 aromatic heterocycles. The summed E-state index contributed by atoms with van der Waals surface area (Å²) in [7, 11) is -4.18. The van der Waals surface area contributed by atoms with Crippen LogP contribution < -0.4 is 0 Å². The third-order valence-corrected chi connectivity index (χ3v) is 6.50. The van der Waals surface area contributed by atoms with Crippen LogP contribution in [0.25, 0.3) is 33.5 Å². The minimum Gasteiger partial charge on any atom is -0.250 e. The Morgan fingerprint density at radius 1 is 0.968 bits per heavy atom. The summed E-state index contributed by atoms with van der Waals surface area (Å²) >= 11 is 0. The highest BCUT2D eigenvalue weighted by molar-refractivity contribution is 7.90. The zero-order valence-corrected chi connectivity index (χ0v) is 16.8. The van der Waals surface area contributed by atoms with Crippen LogP contribution in [0.15, 0.2) is 66.1 Å². The van der Waals surface area contributed by atoms with Gasteiger partial charge in [-0.2, -0.15) is 0 Å². The number of aryl methyl sites for hydroxylation is 1. The average molecular weight is 437 g/mol. The highest BCUT2D eigenvalue weighted by Gasteiger charge is 2.25. The standard InChI is InChI=1S/C21H13F2N5O2S/c1-12-2-4-14(5-3-12)31(29,30)28-11-16(15-8-13(22)9-17(23)19(15)28)20-26-10-18-21(27-20)25-7-6-24-18/h2-11H,1H3. The largest absolute Gasteiger partial charge is 0.268 e. The Bertz CT molecular complexity index is 1580. The van der Waals surface area contributed by atoms with Crippen molar-refractivity contribution in [3.8, 4) is 11.4 Å².